The van der Waals surface area contributed by atoms with Crippen molar-refractivity contribution in [2.24, 2.45) is 0 Å². The number of hydrogen-bond donors (Lipinski definition) is 1. The van der Waals surface area contributed by atoms with E-state index in [1.54, 1.807) is 24.3 Å². The SMILES string of the molecule is O=C(CCCN1C(=O)COc2ccc(C(=O)COc3cccc(F)c3)cc21)NCc1ccccc1. The smallest absolute Gasteiger partial charge is 0.265 e. The van der Waals surface area contributed by atoms with Crippen molar-refractivity contribution in [3.8, 4) is 11.5 Å². The summed E-state index contributed by atoms with van der Waals surface area (Å²) < 4.78 is 24.2. The fraction of sp³-hybridized carbons (Fsp3) is 0.222. The molecule has 1 heterocycles. The first kappa shape index (κ1) is 23.9. The van der Waals surface area contributed by atoms with E-state index < -0.39 is 5.82 Å². The molecule has 1 aliphatic heterocycles. The van der Waals surface area contributed by atoms with Gasteiger partial charge >= 0.3 is 0 Å². The van der Waals surface area contributed by atoms with Gasteiger partial charge in [0.1, 0.15) is 17.3 Å². The number of carbonyl (C=O) groups is 3. The predicted octanol–water partition coefficient (Wildman–Crippen LogP) is 3.91. The predicted molar refractivity (Wildman–Crippen MR) is 128 cm³/mol. The van der Waals surface area contributed by atoms with Crippen LogP contribution in [0.25, 0.3) is 0 Å². The van der Waals surface area contributed by atoms with Crippen molar-refractivity contribution >= 4 is 23.3 Å². The minimum absolute atomic E-state index is 0.104. The van der Waals surface area contributed by atoms with Gasteiger partial charge in [0.25, 0.3) is 5.91 Å². The van der Waals surface area contributed by atoms with Crippen molar-refractivity contribution < 1.29 is 28.2 Å². The summed E-state index contributed by atoms with van der Waals surface area (Å²) in [5.41, 5.74) is 1.82. The van der Waals surface area contributed by atoms with Gasteiger partial charge < -0.3 is 19.7 Å². The minimum Gasteiger partial charge on any atom is -0.485 e. The normalized spacial score (nSPS) is 12.5. The van der Waals surface area contributed by atoms with Gasteiger partial charge in [0.15, 0.2) is 19.0 Å². The summed E-state index contributed by atoms with van der Waals surface area (Å²) in [6.07, 6.45) is 0.708. The lowest BCUT2D eigenvalue weighted by molar-refractivity contribution is -0.123. The Bertz CT molecular complexity index is 1220. The number of hydrogen-bond acceptors (Lipinski definition) is 5. The third kappa shape index (κ3) is 6.44. The summed E-state index contributed by atoms with van der Waals surface area (Å²) in [5, 5.41) is 2.87. The zero-order valence-corrected chi connectivity index (χ0v) is 19.0. The molecule has 35 heavy (non-hydrogen) atoms. The third-order valence-corrected chi connectivity index (χ3v) is 5.51. The molecule has 4 rings (SSSR count). The molecular formula is C27H25FN2O5. The highest BCUT2D eigenvalue weighted by atomic mass is 19.1. The van der Waals surface area contributed by atoms with E-state index in [2.05, 4.69) is 5.32 Å². The molecular weight excluding hydrogens is 451 g/mol. The molecule has 8 heteroatoms. The molecule has 0 saturated heterocycles. The first-order chi connectivity index (χ1) is 17.0. The lowest BCUT2D eigenvalue weighted by Crippen LogP contribution is -2.40. The van der Waals surface area contributed by atoms with Crippen LogP contribution in [0.15, 0.2) is 72.8 Å². The average Bonchev–Trinajstić information content (AvgIpc) is 2.87. The van der Waals surface area contributed by atoms with Crippen LogP contribution in [0.1, 0.15) is 28.8 Å². The molecule has 3 aromatic rings. The number of ether oxygens (including phenoxy) is 2. The number of anilines is 1. The van der Waals surface area contributed by atoms with Crippen LogP contribution in [0.3, 0.4) is 0 Å². The quantitative estimate of drug-likeness (QED) is 0.449. The standard InChI is InChI=1S/C27H25FN2O5/c28-21-8-4-9-22(15-21)34-17-24(31)20-11-12-25-23(14-20)30(27(33)18-35-25)13-5-10-26(32)29-16-19-6-2-1-3-7-19/h1-4,6-9,11-12,14-15H,5,10,13,16-18H2,(H,29,32). The Balaban J connectivity index is 1.34. The van der Waals surface area contributed by atoms with E-state index in [4.69, 9.17) is 9.47 Å². The molecule has 0 aliphatic carbocycles. The maximum absolute atomic E-state index is 13.3. The lowest BCUT2D eigenvalue weighted by Gasteiger charge is -2.29. The molecule has 2 amide bonds. The Hall–Kier alpha value is -4.20. The zero-order chi connectivity index (χ0) is 24.6. The molecule has 1 aliphatic rings. The van der Waals surface area contributed by atoms with Crippen LogP contribution in [-0.2, 0) is 16.1 Å². The fourth-order valence-corrected chi connectivity index (χ4v) is 3.69. The summed E-state index contributed by atoms with van der Waals surface area (Å²) >= 11 is 0. The van der Waals surface area contributed by atoms with Gasteiger partial charge in [-0.2, -0.15) is 0 Å². The van der Waals surface area contributed by atoms with Gasteiger partial charge in [0.2, 0.25) is 5.91 Å². The molecule has 3 aromatic carbocycles. The van der Waals surface area contributed by atoms with Crippen LogP contribution in [0.4, 0.5) is 10.1 Å². The van der Waals surface area contributed by atoms with Crippen molar-refractivity contribution in [2.45, 2.75) is 19.4 Å². The maximum atomic E-state index is 13.3. The summed E-state index contributed by atoms with van der Waals surface area (Å²) in [6.45, 7) is 0.370. The number of fused-ring (bicyclic) bond motifs is 1. The zero-order valence-electron chi connectivity index (χ0n) is 19.0. The number of Topliss-reactive ketones (excluding diaryl/α,β-unsaturated/α-hetero) is 1. The lowest BCUT2D eigenvalue weighted by atomic mass is 10.1. The van der Waals surface area contributed by atoms with Crippen molar-refractivity contribution in [2.75, 3.05) is 24.7 Å². The van der Waals surface area contributed by atoms with Gasteiger partial charge in [-0.25, -0.2) is 4.39 Å². The van der Waals surface area contributed by atoms with Gasteiger partial charge in [-0.3, -0.25) is 14.4 Å². The highest BCUT2D eigenvalue weighted by molar-refractivity contribution is 6.02. The maximum Gasteiger partial charge on any atom is 0.265 e. The largest absolute Gasteiger partial charge is 0.485 e. The van der Waals surface area contributed by atoms with E-state index in [0.29, 0.717) is 36.5 Å². The van der Waals surface area contributed by atoms with Gasteiger partial charge in [0.05, 0.1) is 5.69 Å². The van der Waals surface area contributed by atoms with E-state index in [1.807, 2.05) is 30.3 Å². The van der Waals surface area contributed by atoms with E-state index >= 15 is 0 Å². The second kappa shape index (κ2) is 11.3. The number of benzene rings is 3. The van der Waals surface area contributed by atoms with Crippen molar-refractivity contribution in [1.82, 2.24) is 5.32 Å². The topological polar surface area (TPSA) is 84.9 Å². The molecule has 0 atom stereocenters. The molecule has 180 valence electrons. The number of nitrogens with one attached hydrogen (secondary N) is 1. The number of amides is 2. The van der Waals surface area contributed by atoms with Crippen LogP contribution in [-0.4, -0.2) is 37.4 Å². The van der Waals surface area contributed by atoms with Crippen LogP contribution in [0.2, 0.25) is 0 Å². The first-order valence-electron chi connectivity index (χ1n) is 11.3. The Labute approximate surface area is 202 Å². The van der Waals surface area contributed by atoms with E-state index in [9.17, 15) is 18.8 Å². The van der Waals surface area contributed by atoms with Crippen LogP contribution < -0.4 is 19.7 Å². The highest BCUT2D eigenvalue weighted by Crippen LogP contribution is 2.33. The molecule has 0 radical (unpaired) electrons. The molecule has 0 unspecified atom stereocenters. The molecule has 0 bridgehead atoms. The van der Waals surface area contributed by atoms with E-state index in [0.717, 1.165) is 5.56 Å². The van der Waals surface area contributed by atoms with Gasteiger partial charge in [-0.15, -0.1) is 0 Å². The van der Waals surface area contributed by atoms with Crippen molar-refractivity contribution in [3.05, 3.63) is 89.7 Å². The Kier molecular flexibility index (Phi) is 7.72. The fourth-order valence-electron chi connectivity index (χ4n) is 3.69. The molecule has 1 N–H and O–H groups in total. The Morgan fingerprint density at radius 3 is 2.66 bits per heavy atom. The Morgan fingerprint density at radius 1 is 1.03 bits per heavy atom. The number of carbonyl (C=O) groups excluding carboxylic acids is 3. The molecule has 7 nitrogen and oxygen atoms in total. The second-order valence-corrected chi connectivity index (χ2v) is 8.05. The van der Waals surface area contributed by atoms with Crippen LogP contribution in [0, 0.1) is 5.82 Å². The molecule has 0 saturated carbocycles. The van der Waals surface area contributed by atoms with Gasteiger partial charge in [-0.05, 0) is 42.3 Å². The summed E-state index contributed by atoms with van der Waals surface area (Å²) in [5.74, 6) is -0.391. The monoisotopic (exact) mass is 476 g/mol. The van der Waals surface area contributed by atoms with Crippen LogP contribution >= 0.6 is 0 Å². The number of nitrogens with zero attached hydrogens (tertiary/aromatic N) is 1. The summed E-state index contributed by atoms with van der Waals surface area (Å²) in [6, 6.07) is 20.0. The Morgan fingerprint density at radius 2 is 1.86 bits per heavy atom. The second-order valence-electron chi connectivity index (χ2n) is 8.05. The van der Waals surface area contributed by atoms with Crippen molar-refractivity contribution in [3.63, 3.8) is 0 Å². The number of halogens is 1. The minimum atomic E-state index is -0.455. The average molecular weight is 477 g/mol. The third-order valence-electron chi connectivity index (χ3n) is 5.51. The van der Waals surface area contributed by atoms with E-state index in [-0.39, 0.29) is 43.0 Å². The molecule has 0 fully saturated rings. The van der Waals surface area contributed by atoms with Crippen LogP contribution in [0.5, 0.6) is 11.5 Å². The van der Waals surface area contributed by atoms with Gasteiger partial charge in [0, 0.05) is 31.1 Å². The number of rotatable bonds is 10. The molecule has 0 aromatic heterocycles. The highest BCUT2D eigenvalue weighted by Gasteiger charge is 2.26. The first-order valence-corrected chi connectivity index (χ1v) is 11.3. The van der Waals surface area contributed by atoms with E-state index in [1.165, 1.54) is 23.1 Å². The molecule has 0 spiro atoms. The van der Waals surface area contributed by atoms with Crippen molar-refractivity contribution in [1.29, 1.82) is 0 Å². The number of ketones is 1. The summed E-state index contributed by atoms with van der Waals surface area (Å²) in [7, 11) is 0. The van der Waals surface area contributed by atoms with Gasteiger partial charge in [-0.1, -0.05) is 36.4 Å². The summed E-state index contributed by atoms with van der Waals surface area (Å²) in [4.78, 5) is 38.9.